The second kappa shape index (κ2) is 1.94. The molecule has 2 atom stereocenters. The van der Waals surface area contributed by atoms with Crippen LogP contribution in [-0.4, -0.2) is 11.6 Å². The van der Waals surface area contributed by atoms with Crippen LogP contribution in [0.25, 0.3) is 0 Å². The van der Waals surface area contributed by atoms with Crippen molar-refractivity contribution in [2.24, 2.45) is 10.8 Å². The average Bonchev–Trinajstić information content (AvgIpc) is 2.66. The van der Waals surface area contributed by atoms with E-state index in [1.165, 1.54) is 0 Å². The first-order valence-corrected chi connectivity index (χ1v) is 4.62. The molecule has 0 amide bonds. The quantitative estimate of drug-likeness (QED) is 0.567. The van der Waals surface area contributed by atoms with Gasteiger partial charge in [0.25, 0.3) is 0 Å². The molecule has 2 aliphatic rings. The number of hydrogen-bond donors (Lipinski definition) is 0. The van der Waals surface area contributed by atoms with Crippen LogP contribution in [0.2, 0.25) is 0 Å². The SMILES string of the molecule is CC1=C(C)C(=O)C2(C)CC2(C)C1=O. The molecule has 0 aliphatic heterocycles. The van der Waals surface area contributed by atoms with E-state index in [-0.39, 0.29) is 22.4 Å². The van der Waals surface area contributed by atoms with E-state index in [2.05, 4.69) is 0 Å². The zero-order chi connectivity index (χ0) is 10.0. The standard InChI is InChI=1S/C11H14O2/c1-6-7(2)9(13)11(4)5-10(11,3)8(6)12/h5H2,1-4H3. The van der Waals surface area contributed by atoms with Crippen LogP contribution in [0.4, 0.5) is 0 Å². The van der Waals surface area contributed by atoms with Crippen LogP contribution in [0.1, 0.15) is 34.1 Å². The Morgan fingerprint density at radius 2 is 1.23 bits per heavy atom. The molecule has 0 aromatic rings. The van der Waals surface area contributed by atoms with Gasteiger partial charge < -0.3 is 0 Å². The van der Waals surface area contributed by atoms with Crippen LogP contribution in [0.15, 0.2) is 11.1 Å². The molecule has 2 nitrogen and oxygen atoms in total. The summed E-state index contributed by atoms with van der Waals surface area (Å²) in [6.07, 6.45) is 0.729. The molecule has 1 saturated carbocycles. The highest BCUT2D eigenvalue weighted by atomic mass is 16.1. The van der Waals surface area contributed by atoms with Crippen molar-refractivity contribution in [2.45, 2.75) is 34.1 Å². The van der Waals surface area contributed by atoms with Crippen molar-refractivity contribution in [3.63, 3.8) is 0 Å². The zero-order valence-electron chi connectivity index (χ0n) is 8.52. The average molecular weight is 178 g/mol. The third-order valence-corrected chi connectivity index (χ3v) is 4.05. The summed E-state index contributed by atoms with van der Waals surface area (Å²) in [5.41, 5.74) is 0.575. The third-order valence-electron chi connectivity index (χ3n) is 4.05. The van der Waals surface area contributed by atoms with Crippen LogP contribution in [0, 0.1) is 10.8 Å². The fraction of sp³-hybridized carbons (Fsp3) is 0.636. The highest BCUT2D eigenvalue weighted by Gasteiger charge is 2.71. The number of carbonyl (C=O) groups is 2. The molecule has 0 saturated heterocycles. The maximum Gasteiger partial charge on any atom is 0.165 e. The zero-order valence-corrected chi connectivity index (χ0v) is 8.52. The lowest BCUT2D eigenvalue weighted by molar-refractivity contribution is -0.129. The van der Waals surface area contributed by atoms with Crippen LogP contribution in [0.5, 0.6) is 0 Å². The van der Waals surface area contributed by atoms with Crippen molar-refractivity contribution in [3.8, 4) is 0 Å². The van der Waals surface area contributed by atoms with Crippen LogP contribution in [0.3, 0.4) is 0 Å². The molecule has 0 N–H and O–H groups in total. The number of rotatable bonds is 0. The summed E-state index contributed by atoms with van der Waals surface area (Å²) in [5, 5.41) is 0. The van der Waals surface area contributed by atoms with Crippen LogP contribution in [-0.2, 0) is 9.59 Å². The summed E-state index contributed by atoms with van der Waals surface area (Å²) in [6.45, 7) is 7.34. The third kappa shape index (κ3) is 0.702. The summed E-state index contributed by atoms with van der Waals surface area (Å²) >= 11 is 0. The molecule has 2 heteroatoms. The first-order chi connectivity index (χ1) is 5.84. The molecule has 0 aromatic carbocycles. The largest absolute Gasteiger partial charge is 0.294 e. The molecule has 2 unspecified atom stereocenters. The first-order valence-electron chi connectivity index (χ1n) is 4.62. The first kappa shape index (κ1) is 8.67. The van der Waals surface area contributed by atoms with Gasteiger partial charge in [0.15, 0.2) is 11.6 Å². The number of fused-ring (bicyclic) bond motifs is 1. The van der Waals surface area contributed by atoms with Gasteiger partial charge in [0.1, 0.15) is 0 Å². The fourth-order valence-corrected chi connectivity index (χ4v) is 2.49. The monoisotopic (exact) mass is 178 g/mol. The van der Waals surface area contributed by atoms with Gasteiger partial charge in [0.2, 0.25) is 0 Å². The summed E-state index contributed by atoms with van der Waals surface area (Å²) in [6, 6.07) is 0. The van der Waals surface area contributed by atoms with Crippen molar-refractivity contribution >= 4 is 11.6 Å². The summed E-state index contributed by atoms with van der Waals surface area (Å²) in [5.74, 6) is 0.346. The van der Waals surface area contributed by atoms with E-state index in [9.17, 15) is 9.59 Å². The molecule has 0 radical (unpaired) electrons. The highest BCUT2D eigenvalue weighted by molar-refractivity contribution is 6.20. The Morgan fingerprint density at radius 1 is 0.923 bits per heavy atom. The summed E-state index contributed by atoms with van der Waals surface area (Å²) < 4.78 is 0. The molecule has 0 spiro atoms. The van der Waals surface area contributed by atoms with E-state index in [0.29, 0.717) is 11.1 Å². The minimum atomic E-state index is -0.381. The molecule has 13 heavy (non-hydrogen) atoms. The van der Waals surface area contributed by atoms with Crippen molar-refractivity contribution < 1.29 is 9.59 Å². The Bertz CT molecular complexity index is 330. The summed E-state index contributed by atoms with van der Waals surface area (Å²) in [7, 11) is 0. The van der Waals surface area contributed by atoms with Crippen molar-refractivity contribution in [1.29, 1.82) is 0 Å². The van der Waals surface area contributed by atoms with Crippen LogP contribution >= 0.6 is 0 Å². The van der Waals surface area contributed by atoms with Gasteiger partial charge in [-0.1, -0.05) is 13.8 Å². The maximum atomic E-state index is 11.8. The fourth-order valence-electron chi connectivity index (χ4n) is 2.49. The second-order valence-corrected chi connectivity index (χ2v) is 4.75. The molecule has 2 rings (SSSR count). The van der Waals surface area contributed by atoms with Crippen molar-refractivity contribution in [2.75, 3.05) is 0 Å². The van der Waals surface area contributed by atoms with E-state index < -0.39 is 0 Å². The Morgan fingerprint density at radius 3 is 1.54 bits per heavy atom. The molecular weight excluding hydrogens is 164 g/mol. The molecule has 0 heterocycles. The number of hydrogen-bond acceptors (Lipinski definition) is 2. The Labute approximate surface area is 78.0 Å². The Hall–Kier alpha value is -0.920. The lowest BCUT2D eigenvalue weighted by atomic mass is 9.77. The molecule has 70 valence electrons. The lowest BCUT2D eigenvalue weighted by Gasteiger charge is -2.24. The topological polar surface area (TPSA) is 34.1 Å². The van der Waals surface area contributed by atoms with E-state index in [4.69, 9.17) is 0 Å². The predicted octanol–water partition coefficient (Wildman–Crippen LogP) is 1.89. The van der Waals surface area contributed by atoms with Crippen LogP contribution < -0.4 is 0 Å². The number of ketones is 2. The number of Topliss-reactive ketones (excluding diaryl/α,β-unsaturated/α-hetero) is 2. The predicted molar refractivity (Wildman–Crippen MR) is 49.2 cm³/mol. The minimum absolute atomic E-state index is 0.173. The van der Waals surface area contributed by atoms with E-state index >= 15 is 0 Å². The Kier molecular flexibility index (Phi) is 1.29. The lowest BCUT2D eigenvalue weighted by Crippen LogP contribution is -2.32. The van der Waals surface area contributed by atoms with E-state index in [0.717, 1.165) is 6.42 Å². The van der Waals surface area contributed by atoms with Crippen molar-refractivity contribution in [3.05, 3.63) is 11.1 Å². The van der Waals surface area contributed by atoms with E-state index in [1.54, 1.807) is 13.8 Å². The minimum Gasteiger partial charge on any atom is -0.294 e. The van der Waals surface area contributed by atoms with Crippen molar-refractivity contribution in [1.82, 2.24) is 0 Å². The molecule has 2 aliphatic carbocycles. The van der Waals surface area contributed by atoms with E-state index in [1.807, 2.05) is 13.8 Å². The molecular formula is C11H14O2. The molecule has 0 aromatic heterocycles. The molecule has 1 fully saturated rings. The maximum absolute atomic E-state index is 11.8. The second-order valence-electron chi connectivity index (χ2n) is 4.75. The van der Waals surface area contributed by atoms with Gasteiger partial charge in [-0.05, 0) is 31.4 Å². The molecule has 0 bridgehead atoms. The van der Waals surface area contributed by atoms with Gasteiger partial charge >= 0.3 is 0 Å². The summed E-state index contributed by atoms with van der Waals surface area (Å²) in [4.78, 5) is 23.7. The van der Waals surface area contributed by atoms with Gasteiger partial charge in [0, 0.05) is 10.8 Å². The van der Waals surface area contributed by atoms with Gasteiger partial charge in [-0.3, -0.25) is 9.59 Å². The Balaban J connectivity index is 2.61. The number of allylic oxidation sites excluding steroid dienone is 2. The van der Waals surface area contributed by atoms with Gasteiger partial charge in [-0.15, -0.1) is 0 Å². The van der Waals surface area contributed by atoms with Gasteiger partial charge in [-0.2, -0.15) is 0 Å². The smallest absolute Gasteiger partial charge is 0.165 e. The van der Waals surface area contributed by atoms with Gasteiger partial charge in [-0.25, -0.2) is 0 Å². The normalized spacial score (nSPS) is 43.7. The highest BCUT2D eigenvalue weighted by Crippen LogP contribution is 2.68. The van der Waals surface area contributed by atoms with Gasteiger partial charge in [0.05, 0.1) is 0 Å². The number of carbonyl (C=O) groups excluding carboxylic acids is 2.